The summed E-state index contributed by atoms with van der Waals surface area (Å²) >= 11 is 0. The molecule has 0 aromatic heterocycles. The second-order valence-corrected chi connectivity index (χ2v) is 9.30. The van der Waals surface area contributed by atoms with Crippen LogP contribution >= 0.6 is 24.0 Å². The molecule has 7 heteroatoms. The maximum atomic E-state index is 11.2. The molecule has 2 N–H and O–H groups in total. The van der Waals surface area contributed by atoms with Gasteiger partial charge in [-0.25, -0.2) is 8.42 Å². The summed E-state index contributed by atoms with van der Waals surface area (Å²) < 4.78 is 22.4. The van der Waals surface area contributed by atoms with Crippen LogP contribution in [-0.4, -0.2) is 46.0 Å². The van der Waals surface area contributed by atoms with Crippen molar-refractivity contribution in [3.8, 4) is 0 Å². The maximum absolute atomic E-state index is 11.2. The van der Waals surface area contributed by atoms with E-state index >= 15 is 0 Å². The second-order valence-electron chi connectivity index (χ2n) is 7.04. The van der Waals surface area contributed by atoms with Gasteiger partial charge in [0.25, 0.3) is 0 Å². The second kappa shape index (κ2) is 11.8. The van der Waals surface area contributed by atoms with E-state index in [1.165, 1.54) is 17.4 Å². The van der Waals surface area contributed by atoms with Gasteiger partial charge in [-0.2, -0.15) is 0 Å². The van der Waals surface area contributed by atoms with Crippen LogP contribution in [-0.2, 0) is 21.7 Å². The third kappa shape index (κ3) is 9.75. The van der Waals surface area contributed by atoms with Gasteiger partial charge in [-0.05, 0) is 30.9 Å². The van der Waals surface area contributed by atoms with E-state index in [9.17, 15) is 8.42 Å². The molecule has 0 amide bonds. The van der Waals surface area contributed by atoms with Crippen molar-refractivity contribution < 1.29 is 8.42 Å². The first-order chi connectivity index (χ1) is 11.7. The van der Waals surface area contributed by atoms with Crippen molar-refractivity contribution in [1.29, 1.82) is 0 Å². The molecule has 0 aliphatic carbocycles. The number of hydrogen-bond donors (Lipinski definition) is 2. The average Bonchev–Trinajstić information content (AvgIpc) is 2.55. The molecule has 1 rings (SSSR count). The SMILES string of the molecule is CCNC(=NCC(C)(C)c1ccc(CC)cc1)NCCCS(C)(=O)=O.I. The lowest BCUT2D eigenvalue weighted by Crippen LogP contribution is -2.39. The third-order valence-electron chi connectivity index (χ3n) is 4.10. The Labute approximate surface area is 176 Å². The van der Waals surface area contributed by atoms with E-state index in [4.69, 9.17) is 0 Å². The zero-order chi connectivity index (χ0) is 18.9. The molecule has 5 nitrogen and oxygen atoms in total. The van der Waals surface area contributed by atoms with E-state index < -0.39 is 9.84 Å². The molecular weight excluding hydrogens is 461 g/mol. The lowest BCUT2D eigenvalue weighted by atomic mass is 9.84. The number of nitrogens with one attached hydrogen (secondary N) is 2. The lowest BCUT2D eigenvalue weighted by Gasteiger charge is -2.24. The Bertz CT molecular complexity index is 656. The van der Waals surface area contributed by atoms with Crippen LogP contribution in [0.15, 0.2) is 29.3 Å². The Kier molecular flexibility index (Phi) is 11.4. The third-order valence-corrected chi connectivity index (χ3v) is 5.13. The fourth-order valence-corrected chi connectivity index (χ4v) is 3.11. The van der Waals surface area contributed by atoms with Gasteiger partial charge in [0, 0.05) is 24.8 Å². The van der Waals surface area contributed by atoms with E-state index in [1.54, 1.807) is 0 Å². The van der Waals surface area contributed by atoms with Crippen LogP contribution in [0.4, 0.5) is 0 Å². The molecule has 0 aliphatic heterocycles. The summed E-state index contributed by atoms with van der Waals surface area (Å²) in [7, 11) is -2.91. The molecule has 0 aliphatic rings. The smallest absolute Gasteiger partial charge is 0.191 e. The molecule has 0 heterocycles. The molecule has 0 unspecified atom stereocenters. The van der Waals surface area contributed by atoms with Crippen LogP contribution < -0.4 is 10.6 Å². The molecule has 150 valence electrons. The molecule has 0 spiro atoms. The number of aliphatic imine (C=N–C) groups is 1. The van der Waals surface area contributed by atoms with Crippen LogP contribution in [0.5, 0.6) is 0 Å². The van der Waals surface area contributed by atoms with Crippen LogP contribution in [0, 0.1) is 0 Å². The van der Waals surface area contributed by atoms with Crippen LogP contribution in [0.2, 0.25) is 0 Å². The molecule has 1 aromatic carbocycles. The number of rotatable bonds is 9. The molecule has 0 saturated carbocycles. The number of nitrogens with zero attached hydrogens (tertiary/aromatic N) is 1. The number of hydrogen-bond acceptors (Lipinski definition) is 3. The van der Waals surface area contributed by atoms with Crippen molar-refractivity contribution in [3.63, 3.8) is 0 Å². The maximum Gasteiger partial charge on any atom is 0.191 e. The highest BCUT2D eigenvalue weighted by molar-refractivity contribution is 14.0. The largest absolute Gasteiger partial charge is 0.357 e. The Hall–Kier alpha value is -0.830. The van der Waals surface area contributed by atoms with Gasteiger partial charge < -0.3 is 10.6 Å². The van der Waals surface area contributed by atoms with Crippen LogP contribution in [0.25, 0.3) is 0 Å². The normalized spacial score (nSPS) is 12.4. The quantitative estimate of drug-likeness (QED) is 0.239. The van der Waals surface area contributed by atoms with E-state index in [0.29, 0.717) is 19.5 Å². The lowest BCUT2D eigenvalue weighted by molar-refractivity contribution is 0.537. The van der Waals surface area contributed by atoms with Crippen LogP contribution in [0.3, 0.4) is 0 Å². The molecule has 0 radical (unpaired) electrons. The standard InChI is InChI=1S/C19H33N3O2S.HI/c1-6-16-9-11-17(12-10-16)19(3,4)15-22-18(20-7-2)21-13-8-14-25(5,23)24;/h9-12H,6-8,13-15H2,1-5H3,(H2,20,21,22);1H. The minimum atomic E-state index is -2.91. The summed E-state index contributed by atoms with van der Waals surface area (Å²) in [6, 6.07) is 8.71. The first-order valence-corrected chi connectivity index (χ1v) is 11.0. The first kappa shape index (κ1) is 25.2. The predicted molar refractivity (Wildman–Crippen MR) is 123 cm³/mol. The molecule has 0 fully saturated rings. The van der Waals surface area contributed by atoms with Gasteiger partial charge in [0.1, 0.15) is 9.84 Å². The summed E-state index contributed by atoms with van der Waals surface area (Å²) in [5, 5.41) is 6.42. The van der Waals surface area contributed by atoms with Crippen molar-refractivity contribution in [2.75, 3.05) is 31.6 Å². The Morgan fingerprint density at radius 2 is 1.73 bits per heavy atom. The zero-order valence-corrected chi connectivity index (χ0v) is 19.8. The van der Waals surface area contributed by atoms with E-state index in [0.717, 1.165) is 18.9 Å². The van der Waals surface area contributed by atoms with Crippen LogP contribution in [0.1, 0.15) is 45.2 Å². The Morgan fingerprint density at radius 1 is 1.12 bits per heavy atom. The van der Waals surface area contributed by atoms with Gasteiger partial charge >= 0.3 is 0 Å². The van der Waals surface area contributed by atoms with Gasteiger partial charge in [-0.15, -0.1) is 24.0 Å². The molecular formula is C19H34IN3O2S. The minimum absolute atomic E-state index is 0. The summed E-state index contributed by atoms with van der Waals surface area (Å²) in [6.07, 6.45) is 2.88. The monoisotopic (exact) mass is 495 g/mol. The highest BCUT2D eigenvalue weighted by Crippen LogP contribution is 2.24. The summed E-state index contributed by atoms with van der Waals surface area (Å²) in [5.74, 6) is 0.920. The number of sulfone groups is 1. The highest BCUT2D eigenvalue weighted by atomic mass is 127. The molecule has 0 bridgehead atoms. The molecule has 0 atom stereocenters. The number of benzene rings is 1. The average molecular weight is 495 g/mol. The van der Waals surface area contributed by atoms with Gasteiger partial charge in [0.15, 0.2) is 5.96 Å². The van der Waals surface area contributed by atoms with Crippen molar-refractivity contribution in [1.82, 2.24) is 10.6 Å². The van der Waals surface area contributed by atoms with Crippen molar-refractivity contribution in [2.45, 2.75) is 46.0 Å². The first-order valence-electron chi connectivity index (χ1n) is 8.97. The van der Waals surface area contributed by atoms with Crippen molar-refractivity contribution in [3.05, 3.63) is 35.4 Å². The number of aryl methyl sites for hydroxylation is 1. The molecule has 0 saturated heterocycles. The molecule has 26 heavy (non-hydrogen) atoms. The fourth-order valence-electron chi connectivity index (χ4n) is 2.44. The minimum Gasteiger partial charge on any atom is -0.357 e. The zero-order valence-electron chi connectivity index (χ0n) is 16.6. The van der Waals surface area contributed by atoms with E-state index in [-0.39, 0.29) is 35.1 Å². The summed E-state index contributed by atoms with van der Waals surface area (Å²) in [4.78, 5) is 4.68. The van der Waals surface area contributed by atoms with Crippen molar-refractivity contribution in [2.24, 2.45) is 4.99 Å². The number of guanidine groups is 1. The van der Waals surface area contributed by atoms with Gasteiger partial charge in [-0.1, -0.05) is 45.0 Å². The topological polar surface area (TPSA) is 70.6 Å². The fraction of sp³-hybridized carbons (Fsp3) is 0.632. The summed E-state index contributed by atoms with van der Waals surface area (Å²) in [5.41, 5.74) is 2.53. The Balaban J connectivity index is 0.00000625. The molecule has 1 aromatic rings. The highest BCUT2D eigenvalue weighted by Gasteiger charge is 2.20. The van der Waals surface area contributed by atoms with E-state index in [2.05, 4.69) is 60.7 Å². The van der Waals surface area contributed by atoms with E-state index in [1.807, 2.05) is 6.92 Å². The summed E-state index contributed by atoms with van der Waals surface area (Å²) in [6.45, 7) is 10.5. The van der Waals surface area contributed by atoms with Crippen molar-refractivity contribution >= 4 is 39.8 Å². The predicted octanol–water partition coefficient (Wildman–Crippen LogP) is 3.13. The van der Waals surface area contributed by atoms with Gasteiger partial charge in [0.05, 0.1) is 12.3 Å². The Morgan fingerprint density at radius 3 is 2.23 bits per heavy atom. The van der Waals surface area contributed by atoms with Gasteiger partial charge in [0.2, 0.25) is 0 Å². The number of halogens is 1. The van der Waals surface area contributed by atoms with Gasteiger partial charge in [-0.3, -0.25) is 4.99 Å².